The molecule has 0 amide bonds. The number of hydrogen-bond donors (Lipinski definition) is 0. The van der Waals surface area contributed by atoms with Crippen LogP contribution < -0.4 is 4.90 Å². The first kappa shape index (κ1) is 38.3. The van der Waals surface area contributed by atoms with Gasteiger partial charge in [0.25, 0.3) is 0 Å². The Morgan fingerprint density at radius 1 is 0.409 bits per heavy atom. The highest BCUT2D eigenvalue weighted by molar-refractivity contribution is 6.23. The first-order valence-electron chi connectivity index (χ1n) is 22.9. The van der Waals surface area contributed by atoms with Crippen molar-refractivity contribution in [3.05, 3.63) is 246 Å². The molecular formula is C63H45NO2. The van der Waals surface area contributed by atoms with Crippen molar-refractivity contribution in [3.8, 4) is 22.3 Å². The zero-order valence-electron chi connectivity index (χ0n) is 37.0. The Bertz CT molecular complexity index is 3790. The predicted molar refractivity (Wildman–Crippen MR) is 275 cm³/mol. The molecule has 0 unspecified atom stereocenters. The Labute approximate surface area is 383 Å². The summed E-state index contributed by atoms with van der Waals surface area (Å²) >= 11 is 0. The van der Waals surface area contributed by atoms with Crippen molar-refractivity contribution in [1.29, 1.82) is 0 Å². The first-order valence-corrected chi connectivity index (χ1v) is 22.9. The molecule has 10 aromatic carbocycles. The van der Waals surface area contributed by atoms with Gasteiger partial charge in [-0.3, -0.25) is 0 Å². The van der Waals surface area contributed by atoms with Gasteiger partial charge < -0.3 is 13.7 Å². The highest BCUT2D eigenvalue weighted by atomic mass is 16.3. The van der Waals surface area contributed by atoms with E-state index in [4.69, 9.17) is 8.83 Å². The van der Waals surface area contributed by atoms with Crippen LogP contribution in [0.2, 0.25) is 0 Å². The van der Waals surface area contributed by atoms with Crippen LogP contribution in [0.4, 0.5) is 17.1 Å². The standard InChI is InChI=1S/C63H45NO2/c1-62(2,3)44-30-34-48(35-31-44)64(47-32-28-41(29-33-47)43-27-26-40-16-10-11-17-42(40)38-43)54-39-53-58(57-51-23-13-15-25-56(51)66-61(54)57)59-52(37-36-50-49-22-12-14-24-55(49)65-60(50)59)63(53,45-18-6-4-7-19-45)46-20-8-5-9-21-46/h4-39H,1-3H3. The molecule has 3 heteroatoms. The normalized spacial score (nSPS) is 13.2. The fourth-order valence-electron chi connectivity index (χ4n) is 11.0. The van der Waals surface area contributed by atoms with Gasteiger partial charge in [0, 0.05) is 44.0 Å². The van der Waals surface area contributed by atoms with E-state index in [0.717, 1.165) is 77.6 Å². The van der Waals surface area contributed by atoms with Crippen LogP contribution in [-0.4, -0.2) is 0 Å². The summed E-state index contributed by atoms with van der Waals surface area (Å²) in [4.78, 5) is 2.40. The van der Waals surface area contributed by atoms with Crippen molar-refractivity contribution in [1.82, 2.24) is 0 Å². The molecule has 0 fully saturated rings. The van der Waals surface area contributed by atoms with Crippen molar-refractivity contribution in [3.63, 3.8) is 0 Å². The molecule has 314 valence electrons. The zero-order chi connectivity index (χ0) is 44.1. The van der Waals surface area contributed by atoms with E-state index in [1.807, 2.05) is 0 Å². The van der Waals surface area contributed by atoms with Gasteiger partial charge in [-0.15, -0.1) is 0 Å². The van der Waals surface area contributed by atoms with Crippen molar-refractivity contribution in [2.75, 3.05) is 4.90 Å². The smallest absolute Gasteiger partial charge is 0.160 e. The molecule has 1 aliphatic rings. The van der Waals surface area contributed by atoms with Crippen LogP contribution in [0.25, 0.3) is 76.9 Å². The van der Waals surface area contributed by atoms with Crippen LogP contribution in [0.5, 0.6) is 0 Å². The van der Waals surface area contributed by atoms with Crippen LogP contribution in [0.3, 0.4) is 0 Å². The fraction of sp³-hybridized carbons (Fsp3) is 0.0794. The second kappa shape index (κ2) is 14.4. The number of benzene rings is 10. The van der Waals surface area contributed by atoms with E-state index in [0.29, 0.717) is 0 Å². The monoisotopic (exact) mass is 847 g/mol. The SMILES string of the molecule is CC(C)(C)c1ccc(N(c2ccc(-c3ccc4ccccc4c3)cc2)c2cc3c(c4c2oc2ccccc24)-c2c(ccc4c2oc2ccccc24)C3(c2ccccc2)c2ccccc2)cc1. The lowest BCUT2D eigenvalue weighted by molar-refractivity contribution is 0.590. The third-order valence-electron chi connectivity index (χ3n) is 14.1. The topological polar surface area (TPSA) is 29.5 Å². The number of nitrogens with zero attached hydrogens (tertiary/aromatic N) is 1. The zero-order valence-corrected chi connectivity index (χ0v) is 37.0. The number of fused-ring (bicyclic) bond motifs is 12. The maximum Gasteiger partial charge on any atom is 0.160 e. The van der Waals surface area contributed by atoms with Crippen LogP contribution in [0, 0.1) is 0 Å². The number of para-hydroxylation sites is 2. The van der Waals surface area contributed by atoms with Gasteiger partial charge in [0.15, 0.2) is 5.58 Å². The third kappa shape index (κ3) is 5.63. The van der Waals surface area contributed by atoms with E-state index in [1.165, 1.54) is 44.2 Å². The Hall–Kier alpha value is -8.14. The van der Waals surface area contributed by atoms with Gasteiger partial charge in [0.05, 0.1) is 11.1 Å². The Morgan fingerprint density at radius 2 is 0.970 bits per heavy atom. The molecule has 0 spiro atoms. The van der Waals surface area contributed by atoms with E-state index in [1.54, 1.807) is 0 Å². The summed E-state index contributed by atoms with van der Waals surface area (Å²) < 4.78 is 14.3. The fourth-order valence-corrected chi connectivity index (χ4v) is 11.0. The lowest BCUT2D eigenvalue weighted by Crippen LogP contribution is -2.28. The Balaban J connectivity index is 1.16. The molecule has 2 heterocycles. The minimum atomic E-state index is -0.719. The summed E-state index contributed by atoms with van der Waals surface area (Å²) in [6, 6.07) is 79.5. The quantitative estimate of drug-likeness (QED) is 0.167. The van der Waals surface area contributed by atoms with Gasteiger partial charge in [-0.05, 0) is 104 Å². The average Bonchev–Trinajstić information content (AvgIpc) is 4.03. The molecule has 66 heavy (non-hydrogen) atoms. The molecule has 12 aromatic rings. The lowest BCUT2D eigenvalue weighted by atomic mass is 9.67. The number of hydrogen-bond acceptors (Lipinski definition) is 3. The maximum absolute atomic E-state index is 7.24. The molecule has 0 radical (unpaired) electrons. The van der Waals surface area contributed by atoms with Crippen molar-refractivity contribution < 1.29 is 8.83 Å². The van der Waals surface area contributed by atoms with Crippen molar-refractivity contribution in [2.24, 2.45) is 0 Å². The number of furan rings is 2. The summed E-state index contributed by atoms with van der Waals surface area (Å²) in [5, 5.41) is 6.81. The van der Waals surface area contributed by atoms with Gasteiger partial charge in [-0.25, -0.2) is 0 Å². The maximum atomic E-state index is 7.24. The average molecular weight is 848 g/mol. The van der Waals surface area contributed by atoms with Gasteiger partial charge in [-0.2, -0.15) is 0 Å². The van der Waals surface area contributed by atoms with Crippen LogP contribution in [-0.2, 0) is 10.8 Å². The van der Waals surface area contributed by atoms with Gasteiger partial charge in [0.1, 0.15) is 16.7 Å². The molecule has 13 rings (SSSR count). The highest BCUT2D eigenvalue weighted by Crippen LogP contribution is 2.63. The molecule has 0 saturated carbocycles. The Morgan fingerprint density at radius 3 is 1.65 bits per heavy atom. The lowest BCUT2D eigenvalue weighted by Gasteiger charge is -2.35. The van der Waals surface area contributed by atoms with Crippen LogP contribution >= 0.6 is 0 Å². The first-order chi connectivity index (χ1) is 32.4. The minimum Gasteiger partial charge on any atom is -0.455 e. The van der Waals surface area contributed by atoms with Gasteiger partial charge in [0.2, 0.25) is 0 Å². The largest absolute Gasteiger partial charge is 0.455 e. The Kier molecular flexibility index (Phi) is 8.38. The molecule has 2 aromatic heterocycles. The van der Waals surface area contributed by atoms with E-state index in [2.05, 4.69) is 244 Å². The molecule has 1 aliphatic carbocycles. The molecular weight excluding hydrogens is 803 g/mol. The summed E-state index contributed by atoms with van der Waals surface area (Å²) in [5.74, 6) is 0. The number of rotatable bonds is 6. The minimum absolute atomic E-state index is 0.0107. The summed E-state index contributed by atoms with van der Waals surface area (Å²) in [6.45, 7) is 6.81. The molecule has 0 saturated heterocycles. The van der Waals surface area contributed by atoms with Crippen LogP contribution in [0.15, 0.2) is 227 Å². The summed E-state index contributed by atoms with van der Waals surface area (Å²) in [6.07, 6.45) is 0. The third-order valence-corrected chi connectivity index (χ3v) is 14.1. The van der Waals surface area contributed by atoms with Gasteiger partial charge >= 0.3 is 0 Å². The summed E-state index contributed by atoms with van der Waals surface area (Å²) in [5.41, 5.74) is 16.3. The van der Waals surface area contributed by atoms with Crippen molar-refractivity contribution in [2.45, 2.75) is 31.6 Å². The van der Waals surface area contributed by atoms with E-state index in [9.17, 15) is 0 Å². The van der Waals surface area contributed by atoms with E-state index in [-0.39, 0.29) is 5.41 Å². The predicted octanol–water partition coefficient (Wildman–Crippen LogP) is 17.4. The number of anilines is 3. The summed E-state index contributed by atoms with van der Waals surface area (Å²) in [7, 11) is 0. The van der Waals surface area contributed by atoms with Gasteiger partial charge in [-0.1, -0.05) is 191 Å². The van der Waals surface area contributed by atoms with Crippen LogP contribution in [0.1, 0.15) is 48.6 Å². The molecule has 3 nitrogen and oxygen atoms in total. The second-order valence-electron chi connectivity index (χ2n) is 18.8. The molecule has 0 bridgehead atoms. The van der Waals surface area contributed by atoms with E-state index >= 15 is 0 Å². The highest BCUT2D eigenvalue weighted by Gasteiger charge is 2.49. The molecule has 0 aliphatic heterocycles. The van der Waals surface area contributed by atoms with E-state index < -0.39 is 5.41 Å². The second-order valence-corrected chi connectivity index (χ2v) is 18.8. The molecule has 0 N–H and O–H groups in total. The molecule has 0 atom stereocenters. The van der Waals surface area contributed by atoms with Crippen molar-refractivity contribution >= 4 is 71.7 Å².